The van der Waals surface area contributed by atoms with E-state index >= 15 is 0 Å². The smallest absolute Gasteiger partial charge is 0.198 e. The van der Waals surface area contributed by atoms with Crippen LogP contribution in [0, 0.1) is 0 Å². The van der Waals surface area contributed by atoms with E-state index in [1.54, 1.807) is 12.1 Å². The SMILES string of the molecule is C[C@@H]1O[C@@H](OCc2cc(O)c3c(c2O)C(=O)c2ccccc2C3=O)[C@H](O)[C@H](O)[C@H]1O. The lowest BCUT2D eigenvalue weighted by molar-refractivity contribution is -0.296. The van der Waals surface area contributed by atoms with Crippen molar-refractivity contribution in [1.29, 1.82) is 0 Å². The van der Waals surface area contributed by atoms with Crippen LogP contribution in [-0.2, 0) is 16.1 Å². The first-order valence-electron chi connectivity index (χ1n) is 9.29. The van der Waals surface area contributed by atoms with E-state index in [1.807, 2.05) is 0 Å². The van der Waals surface area contributed by atoms with Crippen molar-refractivity contribution in [3.8, 4) is 11.5 Å². The first kappa shape index (κ1) is 20.5. The van der Waals surface area contributed by atoms with Crippen molar-refractivity contribution < 1.29 is 44.6 Å². The molecule has 1 fully saturated rings. The summed E-state index contributed by atoms with van der Waals surface area (Å²) in [6.07, 6.45) is -6.51. The Balaban J connectivity index is 1.65. The average Bonchev–Trinajstić information content (AvgIpc) is 2.74. The predicted octanol–water partition coefficient (Wildman–Crippen LogP) is 0.217. The molecule has 0 bridgehead atoms. The second-order valence-corrected chi connectivity index (χ2v) is 7.35. The zero-order chi connectivity index (χ0) is 21.7. The number of benzene rings is 2. The van der Waals surface area contributed by atoms with Gasteiger partial charge >= 0.3 is 0 Å². The molecule has 0 aromatic heterocycles. The van der Waals surface area contributed by atoms with Gasteiger partial charge in [0.1, 0.15) is 29.8 Å². The van der Waals surface area contributed by atoms with E-state index < -0.39 is 60.4 Å². The van der Waals surface area contributed by atoms with Gasteiger partial charge in [-0.2, -0.15) is 0 Å². The number of ether oxygens (including phenoxy) is 2. The molecular formula is C21H20O9. The van der Waals surface area contributed by atoms with Crippen LogP contribution in [0.2, 0.25) is 0 Å². The van der Waals surface area contributed by atoms with Crippen molar-refractivity contribution in [2.45, 2.75) is 44.2 Å². The van der Waals surface area contributed by atoms with E-state index in [4.69, 9.17) is 9.47 Å². The monoisotopic (exact) mass is 416 g/mol. The number of hydrogen-bond donors (Lipinski definition) is 5. The number of ketones is 2. The fraction of sp³-hybridized carbons (Fsp3) is 0.333. The summed E-state index contributed by atoms with van der Waals surface area (Å²) in [7, 11) is 0. The minimum Gasteiger partial charge on any atom is -0.507 e. The summed E-state index contributed by atoms with van der Waals surface area (Å²) in [4.78, 5) is 25.6. The highest BCUT2D eigenvalue weighted by Crippen LogP contribution is 2.40. The summed E-state index contributed by atoms with van der Waals surface area (Å²) in [5.74, 6) is -2.23. The van der Waals surface area contributed by atoms with E-state index in [-0.39, 0.29) is 27.8 Å². The summed E-state index contributed by atoms with van der Waals surface area (Å²) in [6.45, 7) is 1.08. The average molecular weight is 416 g/mol. The Kier molecular flexibility index (Phi) is 5.08. The van der Waals surface area contributed by atoms with Gasteiger partial charge in [-0.05, 0) is 13.0 Å². The molecule has 158 valence electrons. The Morgan fingerprint density at radius 2 is 1.53 bits per heavy atom. The first-order chi connectivity index (χ1) is 14.2. The molecule has 9 heteroatoms. The molecule has 1 aliphatic heterocycles. The fourth-order valence-corrected chi connectivity index (χ4v) is 3.75. The minimum absolute atomic E-state index is 0.0177. The summed E-state index contributed by atoms with van der Waals surface area (Å²) in [6, 6.07) is 7.20. The molecule has 1 aliphatic carbocycles. The van der Waals surface area contributed by atoms with Crippen LogP contribution in [0.25, 0.3) is 0 Å². The fourth-order valence-electron chi connectivity index (χ4n) is 3.75. The zero-order valence-corrected chi connectivity index (χ0v) is 15.8. The summed E-state index contributed by atoms with van der Waals surface area (Å²) in [5.41, 5.74) is -0.392. The number of phenols is 2. The summed E-state index contributed by atoms with van der Waals surface area (Å²) in [5, 5.41) is 50.7. The van der Waals surface area contributed by atoms with E-state index in [9.17, 15) is 35.1 Å². The molecule has 5 N–H and O–H groups in total. The van der Waals surface area contributed by atoms with Gasteiger partial charge in [-0.3, -0.25) is 9.59 Å². The number of rotatable bonds is 3. The molecule has 5 atom stereocenters. The molecule has 2 aliphatic rings. The topological polar surface area (TPSA) is 154 Å². The quantitative estimate of drug-likeness (QED) is 0.377. The first-order valence-corrected chi connectivity index (χ1v) is 9.29. The van der Waals surface area contributed by atoms with Crippen LogP contribution >= 0.6 is 0 Å². The van der Waals surface area contributed by atoms with Crippen molar-refractivity contribution in [3.05, 3.63) is 58.1 Å². The minimum atomic E-state index is -1.56. The summed E-state index contributed by atoms with van der Waals surface area (Å²) < 4.78 is 10.7. The highest BCUT2D eigenvalue weighted by atomic mass is 16.7. The lowest BCUT2D eigenvalue weighted by Gasteiger charge is -2.38. The lowest BCUT2D eigenvalue weighted by atomic mass is 9.82. The van der Waals surface area contributed by atoms with Crippen molar-refractivity contribution in [1.82, 2.24) is 0 Å². The van der Waals surface area contributed by atoms with Crippen LogP contribution in [0.1, 0.15) is 44.3 Å². The molecule has 0 unspecified atom stereocenters. The van der Waals surface area contributed by atoms with Gasteiger partial charge in [-0.25, -0.2) is 0 Å². The molecule has 0 amide bonds. The van der Waals surface area contributed by atoms with Crippen LogP contribution in [0.5, 0.6) is 11.5 Å². The standard InChI is InChI=1S/C21H20O9/c1-8-15(23)19(27)20(28)21(30-8)29-7-9-6-12(22)13-14(16(9)24)18(26)11-5-3-2-4-10(11)17(13)25/h2-6,8,15,19-24,27-28H,7H2,1H3/t8-,15-,19+,20+,21+/m0/s1. The molecule has 4 rings (SSSR count). The number of phenolic OH excluding ortho intramolecular Hbond substituents is 2. The molecule has 9 nitrogen and oxygen atoms in total. The molecule has 30 heavy (non-hydrogen) atoms. The van der Waals surface area contributed by atoms with E-state index in [0.717, 1.165) is 6.07 Å². The van der Waals surface area contributed by atoms with Gasteiger partial charge < -0.3 is 35.0 Å². The molecule has 1 heterocycles. The maximum absolute atomic E-state index is 12.9. The largest absolute Gasteiger partial charge is 0.507 e. The Labute approximate surface area is 170 Å². The normalized spacial score (nSPS) is 28.2. The van der Waals surface area contributed by atoms with Gasteiger partial charge in [0.2, 0.25) is 0 Å². The van der Waals surface area contributed by atoms with Crippen LogP contribution in [0.3, 0.4) is 0 Å². The van der Waals surface area contributed by atoms with Crippen LogP contribution in [0.4, 0.5) is 0 Å². The molecule has 0 saturated carbocycles. The maximum atomic E-state index is 12.9. The van der Waals surface area contributed by atoms with Gasteiger partial charge in [0.25, 0.3) is 0 Å². The molecule has 2 aromatic carbocycles. The third-order valence-corrected chi connectivity index (χ3v) is 5.44. The molecule has 0 spiro atoms. The number of carbonyl (C=O) groups excluding carboxylic acids is 2. The molecule has 0 radical (unpaired) electrons. The predicted molar refractivity (Wildman–Crippen MR) is 100 cm³/mol. The van der Waals surface area contributed by atoms with Crippen LogP contribution < -0.4 is 0 Å². The Morgan fingerprint density at radius 3 is 2.17 bits per heavy atom. The van der Waals surface area contributed by atoms with Gasteiger partial charge in [0.15, 0.2) is 17.9 Å². The molecular weight excluding hydrogens is 396 g/mol. The van der Waals surface area contributed by atoms with Crippen molar-refractivity contribution in [2.75, 3.05) is 0 Å². The highest BCUT2D eigenvalue weighted by Gasteiger charge is 2.42. The number of fused-ring (bicyclic) bond motifs is 2. The lowest BCUT2D eigenvalue weighted by Crippen LogP contribution is -2.57. The third kappa shape index (κ3) is 3.08. The molecule has 1 saturated heterocycles. The third-order valence-electron chi connectivity index (χ3n) is 5.44. The molecule has 2 aromatic rings. The Morgan fingerprint density at radius 1 is 0.933 bits per heavy atom. The number of aromatic hydroxyl groups is 2. The van der Waals surface area contributed by atoms with Crippen molar-refractivity contribution in [2.24, 2.45) is 0 Å². The highest BCUT2D eigenvalue weighted by molar-refractivity contribution is 6.30. The zero-order valence-electron chi connectivity index (χ0n) is 15.8. The number of hydrogen-bond acceptors (Lipinski definition) is 9. The number of aliphatic hydroxyl groups is 3. The second kappa shape index (κ2) is 7.46. The second-order valence-electron chi connectivity index (χ2n) is 7.35. The van der Waals surface area contributed by atoms with E-state index in [0.29, 0.717) is 0 Å². The van der Waals surface area contributed by atoms with Gasteiger partial charge in [0, 0.05) is 16.7 Å². The maximum Gasteiger partial charge on any atom is 0.198 e. The van der Waals surface area contributed by atoms with E-state index in [2.05, 4.69) is 0 Å². The van der Waals surface area contributed by atoms with Crippen LogP contribution in [0.15, 0.2) is 30.3 Å². The van der Waals surface area contributed by atoms with Crippen molar-refractivity contribution in [3.63, 3.8) is 0 Å². The van der Waals surface area contributed by atoms with Gasteiger partial charge in [0.05, 0.1) is 23.8 Å². The Bertz CT molecular complexity index is 1030. The van der Waals surface area contributed by atoms with Gasteiger partial charge in [-0.15, -0.1) is 0 Å². The van der Waals surface area contributed by atoms with Gasteiger partial charge in [-0.1, -0.05) is 24.3 Å². The summed E-state index contributed by atoms with van der Waals surface area (Å²) >= 11 is 0. The van der Waals surface area contributed by atoms with Crippen molar-refractivity contribution >= 4 is 11.6 Å². The Hall–Kier alpha value is -2.82. The van der Waals surface area contributed by atoms with E-state index in [1.165, 1.54) is 19.1 Å². The van der Waals surface area contributed by atoms with Crippen LogP contribution in [-0.4, -0.2) is 67.8 Å². The number of carbonyl (C=O) groups is 2. The number of aliphatic hydroxyl groups excluding tert-OH is 3.